The van der Waals surface area contributed by atoms with E-state index in [-0.39, 0.29) is 18.0 Å². The van der Waals surface area contributed by atoms with Crippen LogP contribution in [0, 0.1) is 17.0 Å². The van der Waals surface area contributed by atoms with Crippen LogP contribution in [0.15, 0.2) is 42.5 Å². The molecule has 19 heavy (non-hydrogen) atoms. The first-order valence-corrected chi connectivity index (χ1v) is 5.57. The largest absolute Gasteiger partial charge is 0.489 e. The molecule has 0 saturated heterocycles. The molecular weight excluding hydrogens is 250 g/mol. The Morgan fingerprint density at radius 1 is 1.11 bits per heavy atom. The molecule has 0 aliphatic carbocycles. The van der Waals surface area contributed by atoms with Crippen molar-refractivity contribution < 1.29 is 13.5 Å². The van der Waals surface area contributed by atoms with E-state index >= 15 is 0 Å². The van der Waals surface area contributed by atoms with E-state index < -0.39 is 11.6 Å². The van der Waals surface area contributed by atoms with E-state index in [0.29, 0.717) is 11.3 Å². The van der Waals surface area contributed by atoms with Crippen molar-refractivity contribution in [2.45, 2.75) is 6.61 Å². The predicted octanol–water partition coefficient (Wildman–Crippen LogP) is 2.83. The number of benzene rings is 2. The van der Waals surface area contributed by atoms with Gasteiger partial charge in [-0.3, -0.25) is 5.41 Å². The molecule has 2 rings (SSSR count). The molecule has 0 aliphatic heterocycles. The van der Waals surface area contributed by atoms with Gasteiger partial charge in [0.1, 0.15) is 29.8 Å². The monoisotopic (exact) mass is 262 g/mol. The fraction of sp³-hybridized carbons (Fsp3) is 0.0714. The Balaban J connectivity index is 2.13. The Morgan fingerprint density at radius 3 is 2.58 bits per heavy atom. The van der Waals surface area contributed by atoms with Crippen molar-refractivity contribution in [3.05, 3.63) is 65.2 Å². The summed E-state index contributed by atoms with van der Waals surface area (Å²) in [6.45, 7) is 0.0709. The summed E-state index contributed by atoms with van der Waals surface area (Å²) >= 11 is 0. The molecule has 3 nitrogen and oxygen atoms in total. The standard InChI is InChI=1S/C14H12F2N2O/c15-11-2-1-3-13(7-11)19-8-9-4-10(14(17)18)6-12(16)5-9/h1-7H,8H2,(H3,17,18). The second-order valence-corrected chi connectivity index (χ2v) is 4.01. The number of nitrogens with two attached hydrogens (primary N) is 1. The minimum Gasteiger partial charge on any atom is -0.489 e. The van der Waals surface area contributed by atoms with E-state index in [4.69, 9.17) is 15.9 Å². The van der Waals surface area contributed by atoms with Crippen molar-refractivity contribution in [3.63, 3.8) is 0 Å². The van der Waals surface area contributed by atoms with Gasteiger partial charge in [0.05, 0.1) is 0 Å². The molecule has 0 fully saturated rings. The summed E-state index contributed by atoms with van der Waals surface area (Å²) in [5.74, 6) is -0.758. The van der Waals surface area contributed by atoms with Crippen LogP contribution in [0.4, 0.5) is 8.78 Å². The highest BCUT2D eigenvalue weighted by atomic mass is 19.1. The lowest BCUT2D eigenvalue weighted by molar-refractivity contribution is 0.304. The maximum Gasteiger partial charge on any atom is 0.126 e. The van der Waals surface area contributed by atoms with Gasteiger partial charge in [0.2, 0.25) is 0 Å². The fourth-order valence-electron chi connectivity index (χ4n) is 1.61. The van der Waals surface area contributed by atoms with Crippen LogP contribution >= 0.6 is 0 Å². The van der Waals surface area contributed by atoms with Crippen LogP contribution in [0.2, 0.25) is 0 Å². The molecule has 0 radical (unpaired) electrons. The lowest BCUT2D eigenvalue weighted by Crippen LogP contribution is -2.12. The summed E-state index contributed by atoms with van der Waals surface area (Å²) in [4.78, 5) is 0. The van der Waals surface area contributed by atoms with Gasteiger partial charge in [0.25, 0.3) is 0 Å². The third-order valence-electron chi connectivity index (χ3n) is 2.47. The van der Waals surface area contributed by atoms with Crippen molar-refractivity contribution >= 4 is 5.84 Å². The van der Waals surface area contributed by atoms with E-state index in [0.717, 1.165) is 0 Å². The van der Waals surface area contributed by atoms with Crippen molar-refractivity contribution in [2.75, 3.05) is 0 Å². The molecule has 0 unspecified atom stereocenters. The molecule has 2 aromatic rings. The Morgan fingerprint density at radius 2 is 1.89 bits per heavy atom. The van der Waals surface area contributed by atoms with Gasteiger partial charge in [-0.05, 0) is 35.9 Å². The minimum atomic E-state index is -0.495. The van der Waals surface area contributed by atoms with Gasteiger partial charge in [-0.25, -0.2) is 8.78 Å². The first-order valence-electron chi connectivity index (χ1n) is 5.57. The highest BCUT2D eigenvalue weighted by Crippen LogP contribution is 2.15. The van der Waals surface area contributed by atoms with Gasteiger partial charge in [0.15, 0.2) is 0 Å². The highest BCUT2D eigenvalue weighted by Gasteiger charge is 2.04. The molecule has 98 valence electrons. The molecule has 2 aromatic carbocycles. The van der Waals surface area contributed by atoms with Crippen LogP contribution in [-0.4, -0.2) is 5.84 Å². The molecule has 0 spiro atoms. The maximum atomic E-state index is 13.3. The molecule has 0 heterocycles. The van der Waals surface area contributed by atoms with E-state index in [1.807, 2.05) is 0 Å². The van der Waals surface area contributed by atoms with Crippen LogP contribution in [0.1, 0.15) is 11.1 Å². The normalized spacial score (nSPS) is 10.2. The van der Waals surface area contributed by atoms with Gasteiger partial charge in [-0.15, -0.1) is 0 Å². The molecule has 5 heteroatoms. The van der Waals surface area contributed by atoms with Gasteiger partial charge >= 0.3 is 0 Å². The van der Waals surface area contributed by atoms with Gasteiger partial charge < -0.3 is 10.5 Å². The number of hydrogen-bond donors (Lipinski definition) is 2. The van der Waals surface area contributed by atoms with E-state index in [1.54, 1.807) is 12.1 Å². The summed E-state index contributed by atoms with van der Waals surface area (Å²) in [5, 5.41) is 7.27. The summed E-state index contributed by atoms with van der Waals surface area (Å²) in [5.41, 5.74) is 6.12. The summed E-state index contributed by atoms with van der Waals surface area (Å²) in [6.07, 6.45) is 0. The summed E-state index contributed by atoms with van der Waals surface area (Å²) in [6, 6.07) is 9.70. The van der Waals surface area contributed by atoms with Crippen LogP contribution < -0.4 is 10.5 Å². The van der Waals surface area contributed by atoms with Crippen molar-refractivity contribution in [1.29, 1.82) is 5.41 Å². The topological polar surface area (TPSA) is 59.1 Å². The Bertz CT molecular complexity index is 614. The van der Waals surface area contributed by atoms with Crippen LogP contribution in [0.3, 0.4) is 0 Å². The lowest BCUT2D eigenvalue weighted by Gasteiger charge is -2.08. The third-order valence-corrected chi connectivity index (χ3v) is 2.47. The van der Waals surface area contributed by atoms with Gasteiger partial charge in [-0.2, -0.15) is 0 Å². The second kappa shape index (κ2) is 5.48. The molecule has 0 saturated carbocycles. The molecule has 0 atom stereocenters. The first-order chi connectivity index (χ1) is 9.04. The zero-order valence-corrected chi connectivity index (χ0v) is 9.99. The number of rotatable bonds is 4. The Kier molecular flexibility index (Phi) is 3.75. The summed E-state index contributed by atoms with van der Waals surface area (Å²) in [7, 11) is 0. The number of halogens is 2. The molecule has 0 aromatic heterocycles. The van der Waals surface area contributed by atoms with E-state index in [9.17, 15) is 8.78 Å². The number of amidine groups is 1. The quantitative estimate of drug-likeness (QED) is 0.657. The average molecular weight is 262 g/mol. The van der Waals surface area contributed by atoms with Crippen molar-refractivity contribution in [2.24, 2.45) is 5.73 Å². The molecule has 3 N–H and O–H groups in total. The maximum absolute atomic E-state index is 13.3. The fourth-order valence-corrected chi connectivity index (χ4v) is 1.61. The SMILES string of the molecule is N=C(N)c1cc(F)cc(COc2cccc(F)c2)c1. The van der Waals surface area contributed by atoms with Crippen LogP contribution in [0.25, 0.3) is 0 Å². The zero-order valence-electron chi connectivity index (χ0n) is 9.99. The van der Waals surface area contributed by atoms with Crippen LogP contribution in [-0.2, 0) is 6.61 Å². The minimum absolute atomic E-state index is 0.0709. The average Bonchev–Trinajstić information content (AvgIpc) is 2.36. The van der Waals surface area contributed by atoms with E-state index in [2.05, 4.69) is 0 Å². The Hall–Kier alpha value is -2.43. The number of nitrogens with one attached hydrogen (secondary N) is 1. The first kappa shape index (κ1) is 13.0. The van der Waals surface area contributed by atoms with Crippen molar-refractivity contribution in [1.82, 2.24) is 0 Å². The number of hydrogen-bond acceptors (Lipinski definition) is 2. The molecule has 0 aliphatic rings. The highest BCUT2D eigenvalue weighted by molar-refractivity contribution is 5.95. The summed E-state index contributed by atoms with van der Waals surface area (Å²) < 4.78 is 31.6. The smallest absolute Gasteiger partial charge is 0.126 e. The Labute approximate surface area is 109 Å². The molecule has 0 amide bonds. The van der Waals surface area contributed by atoms with E-state index in [1.165, 1.54) is 30.3 Å². The zero-order chi connectivity index (χ0) is 13.8. The molecule has 0 bridgehead atoms. The van der Waals surface area contributed by atoms with Crippen LogP contribution in [0.5, 0.6) is 5.75 Å². The third kappa shape index (κ3) is 3.51. The van der Waals surface area contributed by atoms with Gasteiger partial charge in [-0.1, -0.05) is 6.07 Å². The second-order valence-electron chi connectivity index (χ2n) is 4.01. The predicted molar refractivity (Wildman–Crippen MR) is 68.1 cm³/mol. The number of ether oxygens (including phenoxy) is 1. The lowest BCUT2D eigenvalue weighted by atomic mass is 10.1. The van der Waals surface area contributed by atoms with Crippen molar-refractivity contribution in [3.8, 4) is 5.75 Å². The molecular formula is C14H12F2N2O. The number of nitrogen functional groups attached to an aromatic ring is 1. The van der Waals surface area contributed by atoms with Gasteiger partial charge in [0, 0.05) is 11.6 Å².